The maximum atomic E-state index is 8.64. The molecule has 0 aromatic carbocycles. The molecule has 1 aliphatic heterocycles. The fraction of sp³-hybridized carbons (Fsp3) is 1.00. The van der Waals surface area contributed by atoms with Gasteiger partial charge in [0, 0.05) is 6.54 Å². The fourth-order valence-corrected chi connectivity index (χ4v) is 1.43. The molecular weight excluding hydrogens is 150 g/mol. The summed E-state index contributed by atoms with van der Waals surface area (Å²) >= 11 is 0. The number of hydrogen-bond donors (Lipinski definition) is 1. The normalized spacial score (nSPS) is 20.0. The van der Waals surface area contributed by atoms with Crippen LogP contribution in [-0.4, -0.2) is 36.2 Å². The third-order valence-corrected chi connectivity index (χ3v) is 2.29. The van der Waals surface area contributed by atoms with Crippen molar-refractivity contribution in [3.05, 3.63) is 0 Å². The predicted molar refractivity (Wildman–Crippen MR) is 53.3 cm³/mol. The number of nitrogens with zero attached hydrogens (tertiary/aromatic N) is 1. The van der Waals surface area contributed by atoms with E-state index in [-0.39, 0.29) is 0 Å². The van der Waals surface area contributed by atoms with Crippen molar-refractivity contribution >= 4 is 0 Å². The molecule has 0 aliphatic carbocycles. The standard InChI is InChI=1S/C8H17NO.C2H6/c1-8-2-4-9(5-3-8)6-7-10;1-2/h8,10H,2-7H2,1H3;1-2H3. The molecule has 0 aromatic rings. The molecule has 1 aliphatic rings. The number of piperidine rings is 1. The molecule has 2 nitrogen and oxygen atoms in total. The van der Waals surface area contributed by atoms with Gasteiger partial charge in [-0.2, -0.15) is 0 Å². The van der Waals surface area contributed by atoms with E-state index in [2.05, 4.69) is 11.8 Å². The quantitative estimate of drug-likeness (QED) is 0.687. The van der Waals surface area contributed by atoms with Gasteiger partial charge in [-0.1, -0.05) is 20.8 Å². The van der Waals surface area contributed by atoms with Crippen LogP contribution in [0.1, 0.15) is 33.6 Å². The molecule has 0 radical (unpaired) electrons. The molecule has 1 rings (SSSR count). The third-order valence-electron chi connectivity index (χ3n) is 2.29. The Morgan fingerprint density at radius 1 is 1.25 bits per heavy atom. The molecule has 1 heterocycles. The summed E-state index contributed by atoms with van der Waals surface area (Å²) in [5.74, 6) is 0.898. The number of aliphatic hydroxyl groups excluding tert-OH is 1. The molecule has 1 N–H and O–H groups in total. The van der Waals surface area contributed by atoms with E-state index in [4.69, 9.17) is 5.11 Å². The summed E-state index contributed by atoms with van der Waals surface area (Å²) in [6, 6.07) is 0. The van der Waals surface area contributed by atoms with Crippen LogP contribution >= 0.6 is 0 Å². The first-order chi connectivity index (χ1) is 5.83. The van der Waals surface area contributed by atoms with Crippen LogP contribution in [0.2, 0.25) is 0 Å². The van der Waals surface area contributed by atoms with E-state index >= 15 is 0 Å². The highest BCUT2D eigenvalue weighted by atomic mass is 16.3. The predicted octanol–water partition coefficient (Wildman–Crippen LogP) is 1.74. The summed E-state index contributed by atoms with van der Waals surface area (Å²) in [6.07, 6.45) is 2.61. The van der Waals surface area contributed by atoms with Crippen LogP contribution in [0.5, 0.6) is 0 Å². The molecule has 12 heavy (non-hydrogen) atoms. The van der Waals surface area contributed by atoms with Gasteiger partial charge >= 0.3 is 0 Å². The minimum absolute atomic E-state index is 0.314. The topological polar surface area (TPSA) is 23.5 Å². The van der Waals surface area contributed by atoms with Crippen LogP contribution in [0.4, 0.5) is 0 Å². The van der Waals surface area contributed by atoms with Crippen molar-refractivity contribution in [2.75, 3.05) is 26.2 Å². The Balaban J connectivity index is 0.000000561. The zero-order valence-corrected chi connectivity index (χ0v) is 8.71. The Bertz CT molecular complexity index is 87.8. The Morgan fingerprint density at radius 2 is 1.75 bits per heavy atom. The van der Waals surface area contributed by atoms with Crippen LogP contribution in [0, 0.1) is 5.92 Å². The van der Waals surface area contributed by atoms with Gasteiger partial charge < -0.3 is 10.0 Å². The van der Waals surface area contributed by atoms with Crippen molar-refractivity contribution in [3.63, 3.8) is 0 Å². The molecule has 74 valence electrons. The highest BCUT2D eigenvalue weighted by molar-refractivity contribution is 4.68. The maximum absolute atomic E-state index is 8.64. The van der Waals surface area contributed by atoms with Crippen LogP contribution in [-0.2, 0) is 0 Å². The van der Waals surface area contributed by atoms with Gasteiger partial charge in [-0.05, 0) is 31.8 Å². The number of rotatable bonds is 2. The molecule has 1 fully saturated rings. The monoisotopic (exact) mass is 173 g/mol. The lowest BCUT2D eigenvalue weighted by Gasteiger charge is -2.29. The maximum Gasteiger partial charge on any atom is 0.0558 e. The summed E-state index contributed by atoms with van der Waals surface area (Å²) in [7, 11) is 0. The Labute approximate surface area is 76.6 Å². The Hall–Kier alpha value is -0.0800. The fourth-order valence-electron chi connectivity index (χ4n) is 1.43. The van der Waals surface area contributed by atoms with E-state index in [1.54, 1.807) is 0 Å². The van der Waals surface area contributed by atoms with E-state index < -0.39 is 0 Å². The van der Waals surface area contributed by atoms with Crippen molar-refractivity contribution in [2.45, 2.75) is 33.6 Å². The van der Waals surface area contributed by atoms with Crippen molar-refractivity contribution < 1.29 is 5.11 Å². The summed E-state index contributed by atoms with van der Waals surface area (Å²) in [5.41, 5.74) is 0. The van der Waals surface area contributed by atoms with Crippen molar-refractivity contribution in [2.24, 2.45) is 5.92 Å². The molecule has 0 aromatic heterocycles. The van der Waals surface area contributed by atoms with Gasteiger partial charge in [-0.3, -0.25) is 0 Å². The summed E-state index contributed by atoms with van der Waals surface area (Å²) in [4.78, 5) is 2.33. The van der Waals surface area contributed by atoms with E-state index in [9.17, 15) is 0 Å². The van der Waals surface area contributed by atoms with Gasteiger partial charge in [-0.15, -0.1) is 0 Å². The summed E-state index contributed by atoms with van der Waals surface area (Å²) < 4.78 is 0. The average molecular weight is 173 g/mol. The smallest absolute Gasteiger partial charge is 0.0558 e. The first kappa shape index (κ1) is 11.9. The van der Waals surface area contributed by atoms with Gasteiger partial charge in [0.05, 0.1) is 6.61 Å². The van der Waals surface area contributed by atoms with Crippen LogP contribution in [0.3, 0.4) is 0 Å². The van der Waals surface area contributed by atoms with Gasteiger partial charge in [-0.25, -0.2) is 0 Å². The lowest BCUT2D eigenvalue weighted by Crippen LogP contribution is -2.34. The number of likely N-dealkylation sites (tertiary alicyclic amines) is 1. The molecule has 0 amide bonds. The largest absolute Gasteiger partial charge is 0.395 e. The first-order valence-corrected chi connectivity index (χ1v) is 5.16. The average Bonchev–Trinajstić information content (AvgIpc) is 2.13. The van der Waals surface area contributed by atoms with Crippen LogP contribution < -0.4 is 0 Å². The zero-order valence-electron chi connectivity index (χ0n) is 8.71. The Morgan fingerprint density at radius 3 is 2.17 bits per heavy atom. The minimum Gasteiger partial charge on any atom is -0.395 e. The zero-order chi connectivity index (χ0) is 9.40. The van der Waals surface area contributed by atoms with Crippen LogP contribution in [0.25, 0.3) is 0 Å². The van der Waals surface area contributed by atoms with Gasteiger partial charge in [0.2, 0.25) is 0 Å². The van der Waals surface area contributed by atoms with E-state index in [0.717, 1.165) is 12.5 Å². The van der Waals surface area contributed by atoms with Crippen molar-refractivity contribution in [3.8, 4) is 0 Å². The lowest BCUT2D eigenvalue weighted by atomic mass is 9.99. The molecule has 0 atom stereocenters. The van der Waals surface area contributed by atoms with Gasteiger partial charge in [0.1, 0.15) is 0 Å². The number of β-amino-alcohol motifs (C(OH)–C–C–N with tert-alkyl or cyclic N) is 1. The van der Waals surface area contributed by atoms with E-state index in [1.807, 2.05) is 13.8 Å². The van der Waals surface area contributed by atoms with E-state index in [0.29, 0.717) is 6.61 Å². The van der Waals surface area contributed by atoms with E-state index in [1.165, 1.54) is 25.9 Å². The van der Waals surface area contributed by atoms with Crippen molar-refractivity contribution in [1.82, 2.24) is 4.90 Å². The third kappa shape index (κ3) is 4.73. The first-order valence-electron chi connectivity index (χ1n) is 5.16. The molecule has 1 saturated heterocycles. The molecular formula is C10H23NO. The van der Waals surface area contributed by atoms with Crippen LogP contribution in [0.15, 0.2) is 0 Å². The molecule has 2 heteroatoms. The second-order valence-electron chi connectivity index (χ2n) is 3.25. The second-order valence-corrected chi connectivity index (χ2v) is 3.25. The Kier molecular flexibility index (Phi) is 7.51. The van der Waals surface area contributed by atoms with Gasteiger partial charge in [0.15, 0.2) is 0 Å². The van der Waals surface area contributed by atoms with Gasteiger partial charge in [0.25, 0.3) is 0 Å². The highest BCUT2D eigenvalue weighted by Crippen LogP contribution is 2.14. The van der Waals surface area contributed by atoms with Crippen molar-refractivity contribution in [1.29, 1.82) is 0 Å². The number of hydrogen-bond acceptors (Lipinski definition) is 2. The molecule has 0 saturated carbocycles. The minimum atomic E-state index is 0.314. The molecule has 0 spiro atoms. The summed E-state index contributed by atoms with van der Waals surface area (Å²) in [6.45, 7) is 9.85. The highest BCUT2D eigenvalue weighted by Gasteiger charge is 2.13. The SMILES string of the molecule is CC.CC1CCN(CCO)CC1. The lowest BCUT2D eigenvalue weighted by molar-refractivity contribution is 0.152. The summed E-state index contributed by atoms with van der Waals surface area (Å²) in [5, 5.41) is 8.64. The number of aliphatic hydroxyl groups is 1. The second kappa shape index (κ2) is 7.56. The molecule has 0 unspecified atom stereocenters. The molecule has 0 bridgehead atoms.